The molecule has 0 amide bonds. The maximum Gasteiger partial charge on any atom is 0.303 e. The molecule has 66 valence electrons. The SMILES string of the molecule is Cc1cc(CCC(=O)O)sc1C. The van der Waals surface area contributed by atoms with Crippen LogP contribution in [0.25, 0.3) is 0 Å². The zero-order valence-corrected chi connectivity index (χ0v) is 8.07. The Morgan fingerprint density at radius 1 is 1.58 bits per heavy atom. The number of hydrogen-bond donors (Lipinski definition) is 1. The fraction of sp³-hybridized carbons (Fsp3) is 0.444. The second kappa shape index (κ2) is 3.72. The average Bonchev–Trinajstić information content (AvgIpc) is 2.28. The number of carboxylic acids is 1. The zero-order chi connectivity index (χ0) is 9.14. The highest BCUT2D eigenvalue weighted by atomic mass is 32.1. The second-order valence-electron chi connectivity index (χ2n) is 2.85. The van der Waals surface area contributed by atoms with Crippen LogP contribution in [0.4, 0.5) is 0 Å². The summed E-state index contributed by atoms with van der Waals surface area (Å²) in [5.41, 5.74) is 1.26. The maximum absolute atomic E-state index is 10.3. The molecule has 3 heteroatoms. The number of thiophene rings is 1. The van der Waals surface area contributed by atoms with Gasteiger partial charge in [0.1, 0.15) is 0 Å². The van der Waals surface area contributed by atoms with E-state index >= 15 is 0 Å². The first-order valence-electron chi connectivity index (χ1n) is 3.87. The number of aryl methyl sites for hydroxylation is 3. The van der Waals surface area contributed by atoms with E-state index in [1.54, 1.807) is 11.3 Å². The van der Waals surface area contributed by atoms with Crippen molar-refractivity contribution in [2.24, 2.45) is 0 Å². The molecule has 1 heterocycles. The van der Waals surface area contributed by atoms with Gasteiger partial charge in [0.25, 0.3) is 0 Å². The number of carbonyl (C=O) groups is 1. The molecule has 1 N–H and O–H groups in total. The van der Waals surface area contributed by atoms with Crippen molar-refractivity contribution >= 4 is 17.3 Å². The predicted octanol–water partition coefficient (Wildman–Crippen LogP) is 2.38. The topological polar surface area (TPSA) is 37.3 Å². The molecule has 0 unspecified atom stereocenters. The summed E-state index contributed by atoms with van der Waals surface area (Å²) < 4.78 is 0. The predicted molar refractivity (Wildman–Crippen MR) is 49.7 cm³/mol. The van der Waals surface area contributed by atoms with Gasteiger partial charge in [0.15, 0.2) is 0 Å². The molecular weight excluding hydrogens is 172 g/mol. The Hall–Kier alpha value is -0.830. The quantitative estimate of drug-likeness (QED) is 0.783. The molecule has 0 aliphatic rings. The van der Waals surface area contributed by atoms with Crippen LogP contribution in [0.1, 0.15) is 21.7 Å². The summed E-state index contributed by atoms with van der Waals surface area (Å²) in [7, 11) is 0. The normalized spacial score (nSPS) is 10.2. The minimum absolute atomic E-state index is 0.236. The van der Waals surface area contributed by atoms with E-state index in [0.717, 1.165) is 0 Å². The van der Waals surface area contributed by atoms with Gasteiger partial charge in [-0.2, -0.15) is 0 Å². The summed E-state index contributed by atoms with van der Waals surface area (Å²) in [5, 5.41) is 8.46. The Morgan fingerprint density at radius 2 is 2.25 bits per heavy atom. The summed E-state index contributed by atoms with van der Waals surface area (Å²) >= 11 is 1.69. The van der Waals surface area contributed by atoms with Crippen molar-refractivity contribution in [2.75, 3.05) is 0 Å². The van der Waals surface area contributed by atoms with E-state index in [0.29, 0.717) is 6.42 Å². The average molecular weight is 184 g/mol. The highest BCUT2D eigenvalue weighted by Crippen LogP contribution is 2.21. The molecule has 0 aliphatic carbocycles. The van der Waals surface area contributed by atoms with E-state index in [2.05, 4.69) is 19.9 Å². The zero-order valence-electron chi connectivity index (χ0n) is 7.26. The number of carboxylic acid groups (broad SMARTS) is 1. The molecule has 0 aliphatic heterocycles. The molecule has 1 aromatic heterocycles. The lowest BCUT2D eigenvalue weighted by Crippen LogP contribution is -1.95. The van der Waals surface area contributed by atoms with Crippen molar-refractivity contribution in [3.05, 3.63) is 21.4 Å². The Bertz CT molecular complexity index is 269. The molecule has 1 aromatic rings. The standard InChI is InChI=1S/C9H12O2S/c1-6-5-8(12-7(6)2)3-4-9(10)11/h5H,3-4H2,1-2H3,(H,10,11). The first kappa shape index (κ1) is 9.26. The lowest BCUT2D eigenvalue weighted by atomic mass is 10.2. The van der Waals surface area contributed by atoms with Crippen LogP contribution < -0.4 is 0 Å². The van der Waals surface area contributed by atoms with Gasteiger partial charge < -0.3 is 5.11 Å². The fourth-order valence-corrected chi connectivity index (χ4v) is 2.06. The summed E-state index contributed by atoms with van der Waals surface area (Å²) in [6, 6.07) is 2.07. The Labute approximate surface area is 75.9 Å². The summed E-state index contributed by atoms with van der Waals surface area (Å²) in [6.45, 7) is 4.11. The third-order valence-electron chi connectivity index (χ3n) is 1.80. The van der Waals surface area contributed by atoms with Crippen LogP contribution in [0.2, 0.25) is 0 Å². The van der Waals surface area contributed by atoms with Crippen LogP contribution in [0.15, 0.2) is 6.07 Å². The van der Waals surface area contributed by atoms with Crippen molar-refractivity contribution < 1.29 is 9.90 Å². The van der Waals surface area contributed by atoms with Crippen LogP contribution in [-0.2, 0) is 11.2 Å². The molecular formula is C9H12O2S. The lowest BCUT2D eigenvalue weighted by molar-refractivity contribution is -0.136. The lowest BCUT2D eigenvalue weighted by Gasteiger charge is -1.90. The van der Waals surface area contributed by atoms with E-state index in [1.165, 1.54) is 15.3 Å². The number of hydrogen-bond acceptors (Lipinski definition) is 2. The van der Waals surface area contributed by atoms with Crippen molar-refractivity contribution in [3.63, 3.8) is 0 Å². The molecule has 2 nitrogen and oxygen atoms in total. The van der Waals surface area contributed by atoms with Gasteiger partial charge >= 0.3 is 5.97 Å². The largest absolute Gasteiger partial charge is 0.481 e. The molecule has 0 atom stereocenters. The van der Waals surface area contributed by atoms with Crippen molar-refractivity contribution in [1.29, 1.82) is 0 Å². The summed E-state index contributed by atoms with van der Waals surface area (Å²) in [4.78, 5) is 12.7. The molecule has 12 heavy (non-hydrogen) atoms. The molecule has 0 aromatic carbocycles. The van der Waals surface area contributed by atoms with Gasteiger partial charge in [-0.05, 0) is 31.9 Å². The molecule has 0 fully saturated rings. The molecule has 0 radical (unpaired) electrons. The van der Waals surface area contributed by atoms with Gasteiger partial charge in [0.2, 0.25) is 0 Å². The van der Waals surface area contributed by atoms with Crippen molar-refractivity contribution in [2.45, 2.75) is 26.7 Å². The minimum atomic E-state index is -0.723. The van der Waals surface area contributed by atoms with E-state index in [9.17, 15) is 4.79 Å². The summed E-state index contributed by atoms with van der Waals surface area (Å²) in [5.74, 6) is -0.723. The molecule has 1 rings (SSSR count). The van der Waals surface area contributed by atoms with Gasteiger partial charge in [0, 0.05) is 9.75 Å². The van der Waals surface area contributed by atoms with Crippen molar-refractivity contribution in [1.82, 2.24) is 0 Å². The number of aliphatic carboxylic acids is 1. The van der Waals surface area contributed by atoms with Gasteiger partial charge in [-0.25, -0.2) is 0 Å². The van der Waals surface area contributed by atoms with Gasteiger partial charge in [-0.15, -0.1) is 11.3 Å². The van der Waals surface area contributed by atoms with E-state index in [4.69, 9.17) is 5.11 Å². The monoisotopic (exact) mass is 184 g/mol. The fourth-order valence-electron chi connectivity index (χ4n) is 1.00. The van der Waals surface area contributed by atoms with Crippen LogP contribution in [0.3, 0.4) is 0 Å². The Kier molecular flexibility index (Phi) is 2.87. The molecule has 0 saturated carbocycles. The molecule has 0 bridgehead atoms. The number of rotatable bonds is 3. The van der Waals surface area contributed by atoms with Crippen LogP contribution in [-0.4, -0.2) is 11.1 Å². The molecule has 0 saturated heterocycles. The smallest absolute Gasteiger partial charge is 0.303 e. The van der Waals surface area contributed by atoms with Gasteiger partial charge in [0.05, 0.1) is 6.42 Å². The van der Waals surface area contributed by atoms with E-state index in [-0.39, 0.29) is 6.42 Å². The summed E-state index contributed by atoms with van der Waals surface area (Å²) in [6.07, 6.45) is 0.897. The van der Waals surface area contributed by atoms with E-state index < -0.39 is 5.97 Å². The van der Waals surface area contributed by atoms with Gasteiger partial charge in [-0.3, -0.25) is 4.79 Å². The van der Waals surface area contributed by atoms with Crippen LogP contribution in [0.5, 0.6) is 0 Å². The second-order valence-corrected chi connectivity index (χ2v) is 4.19. The first-order valence-corrected chi connectivity index (χ1v) is 4.69. The Morgan fingerprint density at radius 3 is 2.67 bits per heavy atom. The minimum Gasteiger partial charge on any atom is -0.481 e. The van der Waals surface area contributed by atoms with Crippen LogP contribution in [0, 0.1) is 13.8 Å². The highest BCUT2D eigenvalue weighted by Gasteiger charge is 2.03. The van der Waals surface area contributed by atoms with Crippen molar-refractivity contribution in [3.8, 4) is 0 Å². The maximum atomic E-state index is 10.3. The Balaban J connectivity index is 2.58. The first-order chi connectivity index (χ1) is 5.59. The highest BCUT2D eigenvalue weighted by molar-refractivity contribution is 7.12. The van der Waals surface area contributed by atoms with Crippen LogP contribution >= 0.6 is 11.3 Å². The third kappa shape index (κ3) is 2.34. The third-order valence-corrected chi connectivity index (χ3v) is 3.01. The van der Waals surface area contributed by atoms with E-state index in [1.807, 2.05) is 0 Å². The van der Waals surface area contributed by atoms with Gasteiger partial charge in [-0.1, -0.05) is 0 Å². The molecule has 0 spiro atoms.